The zero-order chi connectivity index (χ0) is 54.6. The minimum atomic E-state index is -0.0240. The second kappa shape index (κ2) is 16.0. The normalized spacial score (nSPS) is 13.8. The van der Waals surface area contributed by atoms with Crippen LogP contribution in [0.15, 0.2) is 133 Å². The molecule has 0 saturated heterocycles. The zero-order valence-corrected chi connectivity index (χ0v) is 49.8. The van der Waals surface area contributed by atoms with Crippen molar-refractivity contribution in [1.29, 1.82) is 0 Å². The molecule has 0 bridgehead atoms. The Morgan fingerprint density at radius 3 is 1.08 bits per heavy atom. The van der Waals surface area contributed by atoms with Crippen LogP contribution < -0.4 is 0 Å². The molecule has 0 unspecified atom stereocenters. The van der Waals surface area contributed by atoms with Gasteiger partial charge in [-0.05, 0) is 154 Å². The van der Waals surface area contributed by atoms with Crippen LogP contribution in [0.4, 0.5) is 0 Å². The second-order valence-corrected chi connectivity index (χ2v) is 30.3. The predicted octanol–water partition coefficient (Wildman–Crippen LogP) is 22.0. The Kier molecular flexibility index (Phi) is 10.3. The molecule has 77 heavy (non-hydrogen) atoms. The van der Waals surface area contributed by atoms with E-state index in [9.17, 15) is 0 Å². The summed E-state index contributed by atoms with van der Waals surface area (Å²) >= 11 is 1.94. The highest BCUT2D eigenvalue weighted by Gasteiger charge is 2.30. The standard InChI is InChI=1S/C74H76N2S/c1-69(2,3)47-27-42(28-48(38-47)70(4,5)6)41-23-24-59-54(33-41)55-34-45(43-29-49(71(7,8)9)39-50(30-43)72(10,11)12)35-56-63-60(75(59)65(55)56)25-26-61-64(63)57-36-46(44-31-51(73(13,14)15)40-52(32-44)74(16,17)18)37-58-66(57)76(61)67-53-21-19-20-22-62(53)77-68(58)67/h19-40H,1-18H3. The van der Waals surface area contributed by atoms with Crippen molar-refractivity contribution >= 4 is 96.9 Å². The lowest BCUT2D eigenvalue weighted by molar-refractivity contribution is 0.568. The fourth-order valence-corrected chi connectivity index (χ4v) is 13.8. The van der Waals surface area contributed by atoms with Crippen LogP contribution in [0, 0.1) is 0 Å². The molecule has 0 aliphatic heterocycles. The molecule has 13 rings (SSSR count). The van der Waals surface area contributed by atoms with Crippen LogP contribution in [0.5, 0.6) is 0 Å². The van der Waals surface area contributed by atoms with Crippen LogP contribution >= 0.6 is 11.3 Å². The monoisotopic (exact) mass is 1020 g/mol. The van der Waals surface area contributed by atoms with Gasteiger partial charge < -0.3 is 8.80 Å². The summed E-state index contributed by atoms with van der Waals surface area (Å²) in [5.74, 6) is 0. The van der Waals surface area contributed by atoms with E-state index in [2.05, 4.69) is 267 Å². The van der Waals surface area contributed by atoms with Crippen molar-refractivity contribution in [2.75, 3.05) is 0 Å². The van der Waals surface area contributed by atoms with Crippen molar-refractivity contribution in [3.05, 3.63) is 167 Å². The summed E-state index contributed by atoms with van der Waals surface area (Å²) in [4.78, 5) is 0. The Morgan fingerprint density at radius 2 is 0.623 bits per heavy atom. The molecule has 0 fully saturated rings. The number of hydrogen-bond donors (Lipinski definition) is 0. The van der Waals surface area contributed by atoms with Crippen molar-refractivity contribution in [2.24, 2.45) is 0 Å². The number of rotatable bonds is 3. The summed E-state index contributed by atoms with van der Waals surface area (Å²) in [5, 5.41) is 10.6. The summed E-state index contributed by atoms with van der Waals surface area (Å²) in [5.41, 5.74) is 23.6. The molecule has 5 heterocycles. The minimum absolute atomic E-state index is 0.00827. The molecule has 0 spiro atoms. The maximum absolute atomic E-state index is 2.64. The first kappa shape index (κ1) is 49.9. The summed E-state index contributed by atoms with van der Waals surface area (Å²) < 4.78 is 7.96. The van der Waals surface area contributed by atoms with Crippen molar-refractivity contribution < 1.29 is 0 Å². The molecule has 0 saturated carbocycles. The van der Waals surface area contributed by atoms with Gasteiger partial charge in [-0.1, -0.05) is 203 Å². The van der Waals surface area contributed by atoms with Crippen molar-refractivity contribution in [1.82, 2.24) is 8.80 Å². The third-order valence-electron chi connectivity index (χ3n) is 17.4. The zero-order valence-electron chi connectivity index (χ0n) is 49.0. The minimum Gasteiger partial charge on any atom is -0.308 e. The lowest BCUT2D eigenvalue weighted by Crippen LogP contribution is -2.16. The number of benzene rings is 8. The number of nitrogens with zero attached hydrogens (tertiary/aromatic N) is 2. The third-order valence-corrected chi connectivity index (χ3v) is 18.6. The highest BCUT2D eigenvalue weighted by atomic mass is 32.1. The Bertz CT molecular complexity index is 4500. The van der Waals surface area contributed by atoms with Crippen LogP contribution in [0.2, 0.25) is 0 Å². The molecule has 0 amide bonds. The summed E-state index contributed by atoms with van der Waals surface area (Å²) in [6.07, 6.45) is 0. The van der Waals surface area contributed by atoms with Gasteiger partial charge in [0, 0.05) is 47.8 Å². The predicted molar refractivity (Wildman–Crippen MR) is 340 cm³/mol. The van der Waals surface area contributed by atoms with Gasteiger partial charge in [0.15, 0.2) is 0 Å². The van der Waals surface area contributed by atoms with Crippen molar-refractivity contribution in [3.63, 3.8) is 0 Å². The van der Waals surface area contributed by atoms with Gasteiger partial charge in [0.05, 0.1) is 37.8 Å². The number of aromatic nitrogens is 2. The molecule has 0 atom stereocenters. The van der Waals surface area contributed by atoms with Crippen LogP contribution in [-0.2, 0) is 32.5 Å². The molecule has 0 N–H and O–H groups in total. The van der Waals surface area contributed by atoms with Gasteiger partial charge in [0.1, 0.15) is 0 Å². The Morgan fingerprint density at radius 1 is 0.273 bits per heavy atom. The Hall–Kier alpha value is -6.68. The highest BCUT2D eigenvalue weighted by molar-refractivity contribution is 7.26. The van der Waals surface area contributed by atoms with E-state index in [4.69, 9.17) is 0 Å². The van der Waals surface area contributed by atoms with Crippen molar-refractivity contribution in [2.45, 2.75) is 157 Å². The molecule has 0 radical (unpaired) electrons. The van der Waals surface area contributed by atoms with Gasteiger partial charge >= 0.3 is 0 Å². The molecule has 0 aliphatic carbocycles. The molecular weight excluding hydrogens is 949 g/mol. The number of fused-ring (bicyclic) bond motifs is 15. The van der Waals surface area contributed by atoms with Gasteiger partial charge in [-0.25, -0.2) is 0 Å². The molecule has 0 aliphatic rings. The van der Waals surface area contributed by atoms with Gasteiger partial charge in [-0.2, -0.15) is 0 Å². The SMILES string of the molecule is CC(C)(C)c1cc(-c2ccc3c(c2)c2cc(-c4cc(C(C)(C)C)cc(C(C)(C)C)c4)cc4c5c6c7cc(-c8cc(C(C)(C)C)cc(C(C)(C)C)c8)cc8c9sc%10ccccc%10c9n(c6ccc5n3c24)c87)cc(C(C)(C)C)c1. The fraction of sp³-hybridized carbons (Fsp3) is 0.324. The lowest BCUT2D eigenvalue weighted by atomic mass is 9.78. The van der Waals surface area contributed by atoms with E-state index >= 15 is 0 Å². The van der Waals surface area contributed by atoms with E-state index in [0.29, 0.717) is 0 Å². The average Bonchev–Trinajstić information content (AvgIpc) is 4.36. The van der Waals surface area contributed by atoms with Crippen LogP contribution in [0.3, 0.4) is 0 Å². The maximum Gasteiger partial charge on any atom is 0.0728 e. The van der Waals surface area contributed by atoms with Crippen molar-refractivity contribution in [3.8, 4) is 33.4 Å². The topological polar surface area (TPSA) is 8.82 Å². The number of thiophene rings is 1. The summed E-state index contributed by atoms with van der Waals surface area (Å²) in [6.45, 7) is 42.3. The summed E-state index contributed by atoms with van der Waals surface area (Å²) in [6, 6.07) is 53.6. The van der Waals surface area contributed by atoms with E-state index in [1.807, 2.05) is 11.3 Å². The third kappa shape index (κ3) is 7.67. The first-order valence-electron chi connectivity index (χ1n) is 28.2. The highest BCUT2D eigenvalue weighted by Crippen LogP contribution is 2.52. The van der Waals surface area contributed by atoms with E-state index < -0.39 is 0 Å². The molecule has 388 valence electrons. The lowest BCUT2D eigenvalue weighted by Gasteiger charge is -2.26. The largest absolute Gasteiger partial charge is 0.308 e. The molecular formula is C74H76N2S. The van der Waals surface area contributed by atoms with Crippen LogP contribution in [0.1, 0.15) is 158 Å². The van der Waals surface area contributed by atoms with E-state index in [1.165, 1.54) is 152 Å². The van der Waals surface area contributed by atoms with Gasteiger partial charge in [0.25, 0.3) is 0 Å². The second-order valence-electron chi connectivity index (χ2n) is 29.3. The van der Waals surface area contributed by atoms with Gasteiger partial charge in [-0.3, -0.25) is 0 Å². The summed E-state index contributed by atoms with van der Waals surface area (Å²) in [7, 11) is 0. The molecule has 8 aromatic carbocycles. The maximum atomic E-state index is 2.64. The first-order valence-corrected chi connectivity index (χ1v) is 29.0. The average molecular weight is 1030 g/mol. The Labute approximate surface area is 460 Å². The molecule has 3 heteroatoms. The quantitative estimate of drug-likeness (QED) is 0.167. The smallest absolute Gasteiger partial charge is 0.0728 e. The molecule has 13 aromatic rings. The fourth-order valence-electron chi connectivity index (χ4n) is 12.6. The first-order chi connectivity index (χ1) is 35.9. The molecule has 2 nitrogen and oxygen atoms in total. The van der Waals surface area contributed by atoms with Gasteiger partial charge in [-0.15, -0.1) is 11.3 Å². The molecule has 5 aromatic heterocycles. The number of hydrogen-bond acceptors (Lipinski definition) is 1. The van der Waals surface area contributed by atoms with Crippen LogP contribution in [0.25, 0.3) is 119 Å². The van der Waals surface area contributed by atoms with E-state index in [1.54, 1.807) is 0 Å². The Balaban J connectivity index is 1.20. The van der Waals surface area contributed by atoms with Gasteiger partial charge in [0.2, 0.25) is 0 Å². The van der Waals surface area contributed by atoms with E-state index in [-0.39, 0.29) is 32.5 Å². The van der Waals surface area contributed by atoms with Crippen LogP contribution in [-0.4, -0.2) is 8.80 Å². The van der Waals surface area contributed by atoms with E-state index in [0.717, 1.165) is 0 Å².